The molecule has 0 radical (unpaired) electrons. The van der Waals surface area contributed by atoms with Gasteiger partial charge in [-0.2, -0.15) is 0 Å². The average molecular weight is 335 g/mol. The quantitative estimate of drug-likeness (QED) is 0.861. The van der Waals surface area contributed by atoms with Crippen LogP contribution < -0.4 is 10.5 Å². The molecule has 1 unspecified atom stereocenters. The SMILES string of the molecule is CC(CNC(=O)c1cc(Cl)cc(S(N)(=O)=O)c1F)C1CC1. The van der Waals surface area contributed by atoms with Gasteiger partial charge in [-0.3, -0.25) is 4.79 Å². The van der Waals surface area contributed by atoms with Gasteiger partial charge >= 0.3 is 0 Å². The van der Waals surface area contributed by atoms with E-state index in [9.17, 15) is 17.6 Å². The Kier molecular flexibility index (Phi) is 4.55. The molecule has 0 saturated heterocycles. The Balaban J connectivity index is 2.22. The highest BCUT2D eigenvalue weighted by Crippen LogP contribution is 2.36. The lowest BCUT2D eigenvalue weighted by atomic mass is 10.1. The summed E-state index contributed by atoms with van der Waals surface area (Å²) in [6, 6.07) is 1.97. The van der Waals surface area contributed by atoms with Crippen LogP contribution >= 0.6 is 11.6 Å². The first-order valence-corrected chi connectivity index (χ1v) is 8.42. The normalized spacial score (nSPS) is 16.6. The number of sulfonamides is 1. The summed E-state index contributed by atoms with van der Waals surface area (Å²) in [6.45, 7) is 2.40. The van der Waals surface area contributed by atoms with Crippen molar-refractivity contribution in [3.8, 4) is 0 Å². The summed E-state index contributed by atoms with van der Waals surface area (Å²) in [4.78, 5) is 11.2. The molecule has 1 aromatic carbocycles. The van der Waals surface area contributed by atoms with Crippen molar-refractivity contribution in [2.75, 3.05) is 6.54 Å². The summed E-state index contributed by atoms with van der Waals surface area (Å²) in [5.41, 5.74) is -0.422. The van der Waals surface area contributed by atoms with Gasteiger partial charge in [-0.05, 0) is 36.8 Å². The molecule has 1 atom stereocenters. The van der Waals surface area contributed by atoms with Crippen LogP contribution in [-0.4, -0.2) is 20.9 Å². The monoisotopic (exact) mass is 334 g/mol. The van der Waals surface area contributed by atoms with E-state index in [2.05, 4.69) is 5.32 Å². The Morgan fingerprint density at radius 2 is 2.14 bits per heavy atom. The Morgan fingerprint density at radius 3 is 2.67 bits per heavy atom. The number of hydrogen-bond acceptors (Lipinski definition) is 3. The van der Waals surface area contributed by atoms with Crippen molar-refractivity contribution in [3.63, 3.8) is 0 Å². The van der Waals surface area contributed by atoms with Crippen molar-refractivity contribution < 1.29 is 17.6 Å². The van der Waals surface area contributed by atoms with Crippen LogP contribution in [0, 0.1) is 17.7 Å². The molecular weight excluding hydrogens is 319 g/mol. The van der Waals surface area contributed by atoms with Crippen LogP contribution in [0.1, 0.15) is 30.1 Å². The smallest absolute Gasteiger partial charge is 0.254 e. The van der Waals surface area contributed by atoms with E-state index in [1.54, 1.807) is 0 Å². The van der Waals surface area contributed by atoms with Crippen LogP contribution in [-0.2, 0) is 10.0 Å². The van der Waals surface area contributed by atoms with Crippen molar-refractivity contribution in [2.24, 2.45) is 17.0 Å². The molecule has 1 aliphatic rings. The number of carbonyl (C=O) groups is 1. The second kappa shape index (κ2) is 5.90. The molecule has 1 fully saturated rings. The highest BCUT2D eigenvalue weighted by molar-refractivity contribution is 7.89. The Labute approximate surface area is 127 Å². The van der Waals surface area contributed by atoms with E-state index < -0.39 is 32.2 Å². The first kappa shape index (κ1) is 16.2. The molecule has 1 aliphatic carbocycles. The van der Waals surface area contributed by atoms with E-state index in [4.69, 9.17) is 16.7 Å². The average Bonchev–Trinajstić information content (AvgIpc) is 3.20. The van der Waals surface area contributed by atoms with Crippen LogP contribution in [0.15, 0.2) is 17.0 Å². The molecular formula is C13H16ClFN2O3S. The third-order valence-corrected chi connectivity index (χ3v) is 4.69. The lowest BCUT2D eigenvalue weighted by Crippen LogP contribution is -2.30. The summed E-state index contributed by atoms with van der Waals surface area (Å²) in [7, 11) is -4.29. The molecule has 0 aliphatic heterocycles. The van der Waals surface area contributed by atoms with Crippen LogP contribution in [0.3, 0.4) is 0 Å². The molecule has 116 valence electrons. The lowest BCUT2D eigenvalue weighted by Gasteiger charge is -2.13. The molecule has 2 rings (SSSR count). The van der Waals surface area contributed by atoms with Crippen molar-refractivity contribution in [2.45, 2.75) is 24.7 Å². The third kappa shape index (κ3) is 3.93. The van der Waals surface area contributed by atoms with Crippen LogP contribution in [0.25, 0.3) is 0 Å². The van der Waals surface area contributed by atoms with E-state index in [0.717, 1.165) is 25.0 Å². The standard InChI is InChI=1S/C13H16ClFN2O3S/c1-7(8-2-3-8)6-17-13(18)10-4-9(14)5-11(12(10)15)21(16,19)20/h4-5,7-8H,2-3,6H2,1H3,(H,17,18)(H2,16,19,20). The molecule has 1 saturated carbocycles. The fraction of sp³-hybridized carbons (Fsp3) is 0.462. The second-order valence-electron chi connectivity index (χ2n) is 5.34. The molecule has 21 heavy (non-hydrogen) atoms. The fourth-order valence-corrected chi connectivity index (χ4v) is 3.05. The lowest BCUT2D eigenvalue weighted by molar-refractivity contribution is 0.0942. The molecule has 0 heterocycles. The van der Waals surface area contributed by atoms with E-state index in [1.807, 2.05) is 6.92 Å². The maximum atomic E-state index is 14.1. The second-order valence-corrected chi connectivity index (χ2v) is 7.30. The zero-order valence-electron chi connectivity index (χ0n) is 11.4. The highest BCUT2D eigenvalue weighted by atomic mass is 35.5. The van der Waals surface area contributed by atoms with Gasteiger partial charge in [-0.1, -0.05) is 18.5 Å². The van der Waals surface area contributed by atoms with Gasteiger partial charge in [0.15, 0.2) is 5.82 Å². The van der Waals surface area contributed by atoms with Crippen LogP contribution in [0.2, 0.25) is 5.02 Å². The van der Waals surface area contributed by atoms with Gasteiger partial charge in [0.05, 0.1) is 5.56 Å². The third-order valence-electron chi connectivity index (χ3n) is 3.57. The Hall–Kier alpha value is -1.18. The highest BCUT2D eigenvalue weighted by Gasteiger charge is 2.28. The summed E-state index contributed by atoms with van der Waals surface area (Å²) < 4.78 is 36.7. The molecule has 0 aromatic heterocycles. The molecule has 1 aromatic rings. The molecule has 3 N–H and O–H groups in total. The van der Waals surface area contributed by atoms with E-state index in [1.165, 1.54) is 0 Å². The summed E-state index contributed by atoms with van der Waals surface area (Å²) in [5, 5.41) is 7.43. The van der Waals surface area contributed by atoms with Gasteiger partial charge in [0.25, 0.3) is 5.91 Å². The van der Waals surface area contributed by atoms with Crippen LogP contribution in [0.4, 0.5) is 4.39 Å². The number of primary sulfonamides is 1. The molecule has 8 heteroatoms. The number of nitrogens with two attached hydrogens (primary N) is 1. The van der Waals surface area contributed by atoms with Gasteiger partial charge < -0.3 is 5.32 Å². The molecule has 0 bridgehead atoms. The maximum absolute atomic E-state index is 14.1. The predicted octanol–water partition coefficient (Wildman–Crippen LogP) is 1.90. The number of rotatable bonds is 5. The zero-order chi connectivity index (χ0) is 15.8. The van der Waals surface area contributed by atoms with Gasteiger partial charge in [0.1, 0.15) is 4.90 Å². The number of halogens is 2. The molecule has 5 nitrogen and oxygen atoms in total. The van der Waals surface area contributed by atoms with Crippen molar-refractivity contribution in [1.29, 1.82) is 0 Å². The van der Waals surface area contributed by atoms with E-state index in [-0.39, 0.29) is 5.02 Å². The van der Waals surface area contributed by atoms with Crippen molar-refractivity contribution in [1.82, 2.24) is 5.32 Å². The van der Waals surface area contributed by atoms with Gasteiger partial charge in [0, 0.05) is 11.6 Å². The summed E-state index contributed by atoms with van der Waals surface area (Å²) >= 11 is 5.73. The summed E-state index contributed by atoms with van der Waals surface area (Å²) in [6.07, 6.45) is 2.27. The minimum Gasteiger partial charge on any atom is -0.352 e. The minimum atomic E-state index is -4.29. The van der Waals surface area contributed by atoms with E-state index >= 15 is 0 Å². The Morgan fingerprint density at radius 1 is 1.52 bits per heavy atom. The summed E-state index contributed by atoms with van der Waals surface area (Å²) in [5.74, 6) is -0.991. The number of benzene rings is 1. The van der Waals surface area contributed by atoms with Crippen LogP contribution in [0.5, 0.6) is 0 Å². The fourth-order valence-electron chi connectivity index (χ4n) is 2.12. The van der Waals surface area contributed by atoms with Crippen molar-refractivity contribution >= 4 is 27.5 Å². The number of nitrogens with one attached hydrogen (secondary N) is 1. The minimum absolute atomic E-state index is 0.0687. The van der Waals surface area contributed by atoms with Gasteiger partial charge in [0.2, 0.25) is 10.0 Å². The number of amides is 1. The molecule has 1 amide bonds. The molecule has 0 spiro atoms. The first-order chi connectivity index (χ1) is 9.70. The first-order valence-electron chi connectivity index (χ1n) is 6.50. The Bertz CT molecular complexity index is 674. The van der Waals surface area contributed by atoms with Crippen molar-refractivity contribution in [3.05, 3.63) is 28.5 Å². The maximum Gasteiger partial charge on any atom is 0.254 e. The van der Waals surface area contributed by atoms with Gasteiger partial charge in [-0.25, -0.2) is 17.9 Å². The number of hydrogen-bond donors (Lipinski definition) is 2. The predicted molar refractivity (Wildman–Crippen MR) is 77.0 cm³/mol. The largest absolute Gasteiger partial charge is 0.352 e. The van der Waals surface area contributed by atoms with Gasteiger partial charge in [-0.15, -0.1) is 0 Å². The number of carbonyl (C=O) groups excluding carboxylic acids is 1. The topological polar surface area (TPSA) is 89.3 Å². The zero-order valence-corrected chi connectivity index (χ0v) is 13.0. The van der Waals surface area contributed by atoms with E-state index in [0.29, 0.717) is 18.4 Å².